The molecule has 1 atom stereocenters. The van der Waals surface area contributed by atoms with E-state index in [-0.39, 0.29) is 29.5 Å². The number of fused-ring (bicyclic) bond motifs is 2. The maximum atomic E-state index is 13.5. The number of aromatic nitrogens is 2. The predicted octanol–water partition coefficient (Wildman–Crippen LogP) is 7.96. The number of nitro groups is 1. The van der Waals surface area contributed by atoms with Crippen LogP contribution in [0.5, 0.6) is 5.75 Å². The first-order valence-electron chi connectivity index (χ1n) is 12.6. The highest BCUT2D eigenvalue weighted by atomic mass is 79.9. The van der Waals surface area contributed by atoms with Crippen molar-refractivity contribution in [1.82, 2.24) is 9.66 Å². The third kappa shape index (κ3) is 5.55. The van der Waals surface area contributed by atoms with Crippen LogP contribution < -0.4 is 10.3 Å². The maximum absolute atomic E-state index is 13.5. The Morgan fingerprint density at radius 1 is 1.05 bits per heavy atom. The fraction of sp³-hybridized carbons (Fsp3) is 0.167. The predicted molar refractivity (Wildman–Crippen MR) is 164 cm³/mol. The summed E-state index contributed by atoms with van der Waals surface area (Å²) < 4.78 is 8.61. The molecule has 5 rings (SSSR count). The van der Waals surface area contributed by atoms with Crippen LogP contribution in [0, 0.1) is 10.1 Å². The molecule has 0 unspecified atom stereocenters. The van der Waals surface area contributed by atoms with Crippen molar-refractivity contribution in [2.45, 2.75) is 32.8 Å². The van der Waals surface area contributed by atoms with E-state index in [1.54, 1.807) is 18.2 Å². The van der Waals surface area contributed by atoms with Gasteiger partial charge in [0.1, 0.15) is 12.4 Å². The SMILES string of the molecule is CC[C@@H](C)c1nc2ccc(Br)cc2c(=O)n1N=Cc1cc(Br)cc([N+](=O)[O-])c1OCc1cccc2ccccc12. The lowest BCUT2D eigenvalue weighted by Crippen LogP contribution is -2.23. The van der Waals surface area contributed by atoms with Gasteiger partial charge in [-0.25, -0.2) is 4.98 Å². The Hall–Kier alpha value is -3.89. The van der Waals surface area contributed by atoms with E-state index in [1.165, 1.54) is 17.0 Å². The van der Waals surface area contributed by atoms with Crippen LogP contribution in [0.4, 0.5) is 5.69 Å². The minimum atomic E-state index is -0.494. The number of halogens is 2. The highest BCUT2D eigenvalue weighted by Gasteiger charge is 2.22. The number of ether oxygens (including phenoxy) is 1. The average Bonchev–Trinajstić information content (AvgIpc) is 2.95. The summed E-state index contributed by atoms with van der Waals surface area (Å²) >= 11 is 6.78. The number of nitrogens with zero attached hydrogens (tertiary/aromatic N) is 4. The monoisotopic (exact) mass is 662 g/mol. The van der Waals surface area contributed by atoms with Crippen molar-refractivity contribution in [1.29, 1.82) is 0 Å². The standard InChI is InChI=1S/C30H24Br2N4O4/c1-3-18(2)29-34-26-12-11-22(31)14-25(26)30(37)35(29)33-16-21-13-23(32)15-27(36(38)39)28(21)40-17-20-9-6-8-19-7-4-5-10-24(19)20/h4-16,18H,3,17H2,1-2H3/t18-/m1/s1. The molecular weight excluding hydrogens is 640 g/mol. The minimum absolute atomic E-state index is 0.0551. The first-order valence-corrected chi connectivity index (χ1v) is 14.2. The summed E-state index contributed by atoms with van der Waals surface area (Å²) in [4.78, 5) is 29.8. The van der Waals surface area contributed by atoms with E-state index in [0.29, 0.717) is 26.8 Å². The molecule has 202 valence electrons. The van der Waals surface area contributed by atoms with Crippen molar-refractivity contribution in [3.63, 3.8) is 0 Å². The summed E-state index contributed by atoms with van der Waals surface area (Å²) in [5, 5.41) is 19.0. The van der Waals surface area contributed by atoms with Crippen LogP contribution in [0.15, 0.2) is 91.6 Å². The quantitative estimate of drug-likeness (QED) is 0.0953. The molecule has 4 aromatic carbocycles. The number of benzene rings is 4. The number of nitro benzene ring substituents is 1. The fourth-order valence-corrected chi connectivity index (χ4v) is 5.28. The Bertz CT molecular complexity index is 1850. The zero-order chi connectivity index (χ0) is 28.4. The second kappa shape index (κ2) is 11.7. The van der Waals surface area contributed by atoms with Gasteiger partial charge >= 0.3 is 5.69 Å². The largest absolute Gasteiger partial charge is 0.481 e. The van der Waals surface area contributed by atoms with Crippen molar-refractivity contribution in [3.8, 4) is 5.75 Å². The van der Waals surface area contributed by atoms with Crippen LogP contribution in [0.2, 0.25) is 0 Å². The number of hydrogen-bond acceptors (Lipinski definition) is 6. The van der Waals surface area contributed by atoms with Crippen molar-refractivity contribution in [3.05, 3.63) is 119 Å². The molecule has 0 aliphatic heterocycles. The van der Waals surface area contributed by atoms with E-state index in [0.717, 1.165) is 27.2 Å². The van der Waals surface area contributed by atoms with Gasteiger partial charge in [-0.2, -0.15) is 9.78 Å². The zero-order valence-electron chi connectivity index (χ0n) is 21.7. The van der Waals surface area contributed by atoms with Crippen molar-refractivity contribution < 1.29 is 9.66 Å². The van der Waals surface area contributed by atoms with Gasteiger partial charge in [-0.15, -0.1) is 0 Å². The lowest BCUT2D eigenvalue weighted by atomic mass is 10.1. The van der Waals surface area contributed by atoms with Gasteiger partial charge in [-0.1, -0.05) is 88.2 Å². The van der Waals surface area contributed by atoms with E-state index in [9.17, 15) is 14.9 Å². The molecule has 0 bridgehead atoms. The first-order chi connectivity index (χ1) is 19.3. The molecule has 0 aliphatic carbocycles. The van der Waals surface area contributed by atoms with E-state index in [1.807, 2.05) is 62.4 Å². The Balaban J connectivity index is 1.62. The zero-order valence-corrected chi connectivity index (χ0v) is 24.8. The molecule has 5 aromatic rings. The van der Waals surface area contributed by atoms with Gasteiger partial charge in [0.2, 0.25) is 5.75 Å². The van der Waals surface area contributed by atoms with Crippen LogP contribution in [-0.2, 0) is 6.61 Å². The van der Waals surface area contributed by atoms with Gasteiger partial charge in [-0.3, -0.25) is 14.9 Å². The molecular formula is C30H24Br2N4O4. The molecule has 0 saturated carbocycles. The molecule has 8 nitrogen and oxygen atoms in total. The summed E-state index contributed by atoms with van der Waals surface area (Å²) in [5.41, 5.74) is 1.26. The van der Waals surface area contributed by atoms with E-state index in [2.05, 4.69) is 37.0 Å². The van der Waals surface area contributed by atoms with Crippen molar-refractivity contribution in [2.75, 3.05) is 0 Å². The first kappa shape index (κ1) is 27.7. The number of rotatable bonds is 8. The lowest BCUT2D eigenvalue weighted by Gasteiger charge is -2.15. The molecule has 40 heavy (non-hydrogen) atoms. The third-order valence-corrected chi connectivity index (χ3v) is 7.66. The molecule has 0 spiro atoms. The van der Waals surface area contributed by atoms with E-state index in [4.69, 9.17) is 9.72 Å². The van der Waals surface area contributed by atoms with Gasteiger partial charge in [0, 0.05) is 26.5 Å². The summed E-state index contributed by atoms with van der Waals surface area (Å²) in [6.45, 7) is 4.09. The smallest absolute Gasteiger partial charge is 0.312 e. The van der Waals surface area contributed by atoms with Crippen LogP contribution in [0.25, 0.3) is 21.7 Å². The van der Waals surface area contributed by atoms with Gasteiger partial charge in [0.25, 0.3) is 5.56 Å². The van der Waals surface area contributed by atoms with Crippen LogP contribution in [-0.4, -0.2) is 20.8 Å². The molecule has 1 heterocycles. The van der Waals surface area contributed by atoms with Crippen molar-refractivity contribution >= 4 is 65.4 Å². The second-order valence-electron chi connectivity index (χ2n) is 9.33. The molecule has 10 heteroatoms. The molecule has 0 amide bonds. The summed E-state index contributed by atoms with van der Waals surface area (Å²) in [5.74, 6) is 0.498. The fourth-order valence-electron chi connectivity index (χ4n) is 4.46. The highest BCUT2D eigenvalue weighted by molar-refractivity contribution is 9.10. The Morgan fingerprint density at radius 3 is 2.60 bits per heavy atom. The summed E-state index contributed by atoms with van der Waals surface area (Å²) in [6, 6.07) is 22.1. The molecule has 0 radical (unpaired) electrons. The summed E-state index contributed by atoms with van der Waals surface area (Å²) in [7, 11) is 0. The highest BCUT2D eigenvalue weighted by Crippen LogP contribution is 2.35. The number of hydrogen-bond donors (Lipinski definition) is 0. The van der Waals surface area contributed by atoms with Crippen LogP contribution >= 0.6 is 31.9 Å². The maximum Gasteiger partial charge on any atom is 0.312 e. The molecule has 0 N–H and O–H groups in total. The average molecular weight is 664 g/mol. The molecule has 0 fully saturated rings. The van der Waals surface area contributed by atoms with Gasteiger partial charge < -0.3 is 4.74 Å². The molecule has 0 saturated heterocycles. The van der Waals surface area contributed by atoms with Crippen molar-refractivity contribution in [2.24, 2.45) is 5.10 Å². The van der Waals surface area contributed by atoms with Gasteiger partial charge in [0.05, 0.1) is 22.0 Å². The molecule has 0 aliphatic rings. The van der Waals surface area contributed by atoms with Gasteiger partial charge in [0.15, 0.2) is 0 Å². The van der Waals surface area contributed by atoms with Crippen LogP contribution in [0.1, 0.15) is 43.1 Å². The van der Waals surface area contributed by atoms with Gasteiger partial charge in [-0.05, 0) is 47.0 Å². The normalized spacial score (nSPS) is 12.3. The minimum Gasteiger partial charge on any atom is -0.481 e. The van der Waals surface area contributed by atoms with Crippen LogP contribution in [0.3, 0.4) is 0 Å². The molecule has 1 aromatic heterocycles. The lowest BCUT2D eigenvalue weighted by molar-refractivity contribution is -0.386. The topological polar surface area (TPSA) is 99.6 Å². The van der Waals surface area contributed by atoms with E-state index >= 15 is 0 Å². The Morgan fingerprint density at radius 2 is 1.82 bits per heavy atom. The van der Waals surface area contributed by atoms with E-state index < -0.39 is 4.92 Å². The summed E-state index contributed by atoms with van der Waals surface area (Å²) in [6.07, 6.45) is 2.15. The third-order valence-electron chi connectivity index (χ3n) is 6.71. The Labute approximate surface area is 246 Å². The second-order valence-corrected chi connectivity index (χ2v) is 11.2. The Kier molecular flexibility index (Phi) is 8.09.